The van der Waals surface area contributed by atoms with Gasteiger partial charge in [0, 0.05) is 11.4 Å². The van der Waals surface area contributed by atoms with Crippen LogP contribution in [-0.4, -0.2) is 29.1 Å². The number of nitrogens with one attached hydrogen (secondary N) is 2. The minimum absolute atomic E-state index is 0.0927. The molecule has 0 aliphatic carbocycles. The molecule has 2 N–H and O–H groups in total. The number of hydrogen-bond acceptors (Lipinski definition) is 6. The Kier molecular flexibility index (Phi) is 4.08. The van der Waals surface area contributed by atoms with Crippen LogP contribution in [-0.2, 0) is 6.42 Å². The van der Waals surface area contributed by atoms with Crippen molar-refractivity contribution in [2.75, 3.05) is 13.1 Å². The highest BCUT2D eigenvalue weighted by molar-refractivity contribution is 7.09. The molecular weight excluding hydrogens is 276 g/mol. The zero-order valence-electron chi connectivity index (χ0n) is 11.0. The maximum atomic E-state index is 11.9. The molecule has 20 heavy (non-hydrogen) atoms. The minimum atomic E-state index is -0.283. The van der Waals surface area contributed by atoms with Gasteiger partial charge in [-0.3, -0.25) is 4.79 Å². The van der Waals surface area contributed by atoms with Crippen LogP contribution in [0.2, 0.25) is 0 Å². The van der Waals surface area contributed by atoms with Crippen LogP contribution >= 0.6 is 11.3 Å². The number of nitrogens with zero attached hydrogens (tertiary/aromatic N) is 2. The van der Waals surface area contributed by atoms with Gasteiger partial charge in [-0.15, -0.1) is 11.3 Å². The third kappa shape index (κ3) is 3.05. The van der Waals surface area contributed by atoms with Gasteiger partial charge in [0.05, 0.1) is 6.04 Å². The molecule has 1 amide bonds. The minimum Gasteiger partial charge on any atom is -0.349 e. The van der Waals surface area contributed by atoms with E-state index in [9.17, 15) is 4.79 Å². The predicted molar refractivity (Wildman–Crippen MR) is 74.6 cm³/mol. The van der Waals surface area contributed by atoms with Crippen molar-refractivity contribution in [1.29, 1.82) is 0 Å². The molecule has 1 saturated heterocycles. The largest absolute Gasteiger partial charge is 0.349 e. The van der Waals surface area contributed by atoms with Gasteiger partial charge < -0.3 is 15.2 Å². The lowest BCUT2D eigenvalue weighted by molar-refractivity contribution is 0.0941. The predicted octanol–water partition coefficient (Wildman–Crippen LogP) is 1.53. The van der Waals surface area contributed by atoms with Gasteiger partial charge in [0.1, 0.15) is 0 Å². The Morgan fingerprint density at radius 3 is 3.30 bits per heavy atom. The highest BCUT2D eigenvalue weighted by Crippen LogP contribution is 2.20. The first-order chi connectivity index (χ1) is 9.83. The van der Waals surface area contributed by atoms with Crippen molar-refractivity contribution in [1.82, 2.24) is 20.8 Å². The monoisotopic (exact) mass is 292 g/mol. The average molecular weight is 292 g/mol. The van der Waals surface area contributed by atoms with E-state index >= 15 is 0 Å². The topological polar surface area (TPSA) is 80.0 Å². The Morgan fingerprint density at radius 1 is 1.60 bits per heavy atom. The molecule has 106 valence electrons. The second-order valence-corrected chi connectivity index (χ2v) is 5.72. The van der Waals surface area contributed by atoms with Crippen molar-refractivity contribution in [2.45, 2.75) is 25.3 Å². The van der Waals surface area contributed by atoms with Crippen LogP contribution < -0.4 is 10.6 Å². The van der Waals surface area contributed by atoms with Crippen LogP contribution in [0.3, 0.4) is 0 Å². The van der Waals surface area contributed by atoms with Crippen molar-refractivity contribution in [2.24, 2.45) is 0 Å². The van der Waals surface area contributed by atoms with E-state index < -0.39 is 0 Å². The quantitative estimate of drug-likeness (QED) is 0.873. The maximum Gasteiger partial charge on any atom is 0.292 e. The van der Waals surface area contributed by atoms with E-state index in [-0.39, 0.29) is 17.8 Å². The molecule has 3 heterocycles. The maximum absolute atomic E-state index is 11.9. The summed E-state index contributed by atoms with van der Waals surface area (Å²) in [6, 6.07) is 4.15. The molecule has 7 heteroatoms. The first kappa shape index (κ1) is 13.3. The highest BCUT2D eigenvalue weighted by atomic mass is 32.1. The van der Waals surface area contributed by atoms with Gasteiger partial charge >= 0.3 is 0 Å². The highest BCUT2D eigenvalue weighted by Gasteiger charge is 2.24. The van der Waals surface area contributed by atoms with Crippen LogP contribution in [0, 0.1) is 0 Å². The summed E-state index contributed by atoms with van der Waals surface area (Å²) in [5.74, 6) is 0.334. The fourth-order valence-corrected chi connectivity index (χ4v) is 2.91. The van der Waals surface area contributed by atoms with E-state index in [2.05, 4.69) is 26.8 Å². The van der Waals surface area contributed by atoms with E-state index in [1.165, 1.54) is 4.88 Å². The lowest BCUT2D eigenvalue weighted by Gasteiger charge is -2.01. The van der Waals surface area contributed by atoms with Crippen LogP contribution in [0.5, 0.6) is 0 Å². The van der Waals surface area contributed by atoms with E-state index in [4.69, 9.17) is 4.52 Å². The smallest absolute Gasteiger partial charge is 0.292 e. The lowest BCUT2D eigenvalue weighted by Crippen LogP contribution is -2.26. The van der Waals surface area contributed by atoms with Crippen molar-refractivity contribution in [3.05, 3.63) is 34.1 Å². The molecular formula is C13H16N4O2S. The molecule has 2 aromatic heterocycles. The van der Waals surface area contributed by atoms with Crippen LogP contribution in [0.25, 0.3) is 0 Å². The zero-order valence-corrected chi connectivity index (χ0v) is 11.8. The summed E-state index contributed by atoms with van der Waals surface area (Å²) < 4.78 is 5.14. The van der Waals surface area contributed by atoms with Gasteiger partial charge in [-0.05, 0) is 37.3 Å². The van der Waals surface area contributed by atoms with E-state index in [1.807, 2.05) is 11.4 Å². The summed E-state index contributed by atoms with van der Waals surface area (Å²) in [5.41, 5.74) is 0. The van der Waals surface area contributed by atoms with Gasteiger partial charge in [-0.1, -0.05) is 11.2 Å². The van der Waals surface area contributed by atoms with Crippen molar-refractivity contribution >= 4 is 17.2 Å². The third-order valence-electron chi connectivity index (χ3n) is 3.24. The number of aromatic nitrogens is 2. The number of carbonyl (C=O) groups excluding carboxylic acids is 1. The van der Waals surface area contributed by atoms with E-state index in [1.54, 1.807) is 11.3 Å². The van der Waals surface area contributed by atoms with Gasteiger partial charge in [0.15, 0.2) is 0 Å². The molecule has 0 aromatic carbocycles. The number of carbonyl (C=O) groups is 1. The van der Waals surface area contributed by atoms with Crippen LogP contribution in [0.4, 0.5) is 0 Å². The SMILES string of the molecule is O=C(NCCc1cccs1)c1noc(C2CCCN2)n1. The van der Waals surface area contributed by atoms with Gasteiger partial charge in [-0.25, -0.2) is 0 Å². The second-order valence-electron chi connectivity index (χ2n) is 4.69. The number of amides is 1. The zero-order chi connectivity index (χ0) is 13.8. The van der Waals surface area contributed by atoms with Gasteiger partial charge in [0.2, 0.25) is 5.89 Å². The molecule has 0 saturated carbocycles. The van der Waals surface area contributed by atoms with Gasteiger partial charge in [-0.2, -0.15) is 4.98 Å². The summed E-state index contributed by atoms with van der Waals surface area (Å²) in [6.45, 7) is 1.53. The van der Waals surface area contributed by atoms with E-state index in [0.29, 0.717) is 12.4 Å². The molecule has 6 nitrogen and oxygen atoms in total. The average Bonchev–Trinajstić information content (AvgIpc) is 3.20. The molecule has 0 spiro atoms. The molecule has 1 unspecified atom stereocenters. The first-order valence-electron chi connectivity index (χ1n) is 6.70. The van der Waals surface area contributed by atoms with Crippen LogP contribution in [0.1, 0.15) is 40.3 Å². The molecule has 3 rings (SSSR count). The summed E-state index contributed by atoms with van der Waals surface area (Å²) in [7, 11) is 0. The number of rotatable bonds is 5. The summed E-state index contributed by atoms with van der Waals surface area (Å²) in [4.78, 5) is 17.3. The molecule has 1 atom stereocenters. The molecule has 0 bridgehead atoms. The summed E-state index contributed by atoms with van der Waals surface area (Å²) in [5, 5.41) is 11.8. The Morgan fingerprint density at radius 2 is 2.55 bits per heavy atom. The fraction of sp³-hybridized carbons (Fsp3) is 0.462. The van der Waals surface area contributed by atoms with Crippen molar-refractivity contribution in [3.63, 3.8) is 0 Å². The normalized spacial score (nSPS) is 18.3. The lowest BCUT2D eigenvalue weighted by atomic mass is 10.2. The molecule has 1 aliphatic rings. The van der Waals surface area contributed by atoms with Crippen LogP contribution in [0.15, 0.2) is 22.0 Å². The Bertz CT molecular complexity index is 561. The summed E-state index contributed by atoms with van der Waals surface area (Å²) in [6.07, 6.45) is 2.88. The van der Waals surface area contributed by atoms with Crippen molar-refractivity contribution < 1.29 is 9.32 Å². The van der Waals surface area contributed by atoms with Gasteiger partial charge in [0.25, 0.3) is 11.7 Å². The summed E-state index contributed by atoms with van der Waals surface area (Å²) >= 11 is 1.68. The number of hydrogen-bond donors (Lipinski definition) is 2. The van der Waals surface area contributed by atoms with Crippen molar-refractivity contribution in [3.8, 4) is 0 Å². The Hall–Kier alpha value is -1.73. The number of thiophene rings is 1. The molecule has 2 aromatic rings. The molecule has 1 aliphatic heterocycles. The first-order valence-corrected chi connectivity index (χ1v) is 7.58. The Labute approximate surface area is 120 Å². The third-order valence-corrected chi connectivity index (χ3v) is 4.18. The fourth-order valence-electron chi connectivity index (χ4n) is 2.20. The van der Waals surface area contributed by atoms with E-state index in [0.717, 1.165) is 25.8 Å². The second kappa shape index (κ2) is 6.15. The molecule has 0 radical (unpaired) electrons. The Balaban J connectivity index is 1.51. The standard InChI is InChI=1S/C13H16N4O2S/c18-12(15-7-5-9-3-2-8-20-9)11-16-13(19-17-11)10-4-1-6-14-10/h2-3,8,10,14H,1,4-7H2,(H,15,18). The molecule has 1 fully saturated rings.